The molecule has 0 atom stereocenters. The van der Waals surface area contributed by atoms with Gasteiger partial charge in [0, 0.05) is 12.1 Å². The number of nitrogens with zero attached hydrogens (tertiary/aromatic N) is 1. The third-order valence-corrected chi connectivity index (χ3v) is 4.29. The lowest BCUT2D eigenvalue weighted by Gasteiger charge is -2.06. The number of hydrogen-bond acceptors (Lipinski definition) is 3. The van der Waals surface area contributed by atoms with Crippen LogP contribution in [0.5, 0.6) is 0 Å². The topological polar surface area (TPSA) is 42.0 Å². The summed E-state index contributed by atoms with van der Waals surface area (Å²) in [5, 5.41) is 3.65. The van der Waals surface area contributed by atoms with Gasteiger partial charge in [0.25, 0.3) is 0 Å². The fourth-order valence-electron chi connectivity index (χ4n) is 1.94. The number of hydrogen-bond donors (Lipinski definition) is 1. The van der Waals surface area contributed by atoms with Crippen molar-refractivity contribution >= 4 is 39.6 Å². The lowest BCUT2D eigenvalue weighted by molar-refractivity contribution is 0.112. The molecule has 3 nitrogen and oxygen atoms in total. The molecule has 0 fully saturated rings. The van der Waals surface area contributed by atoms with E-state index in [1.807, 2.05) is 6.07 Å². The standard InChI is InChI=1S/C12H9BrClFN2.C7H5FO/c13-12-10(14)4-5-11(17-12)16-7-8-2-1-3-9(15)6-8;8-7-3-1-2-6(4-7)5-9/h1-6H,7H2,(H,16,17);1-5H. The molecule has 0 aliphatic carbocycles. The van der Waals surface area contributed by atoms with Gasteiger partial charge in [-0.05, 0) is 57.9 Å². The second-order valence-corrected chi connectivity index (χ2v) is 6.28. The van der Waals surface area contributed by atoms with Crippen LogP contribution in [0.1, 0.15) is 15.9 Å². The van der Waals surface area contributed by atoms with Crippen LogP contribution < -0.4 is 5.32 Å². The van der Waals surface area contributed by atoms with Gasteiger partial charge in [0.1, 0.15) is 28.3 Å². The molecule has 0 saturated heterocycles. The number of rotatable bonds is 4. The van der Waals surface area contributed by atoms with E-state index >= 15 is 0 Å². The number of benzene rings is 2. The summed E-state index contributed by atoms with van der Waals surface area (Å²) in [7, 11) is 0. The molecule has 134 valence electrons. The van der Waals surface area contributed by atoms with E-state index in [0.717, 1.165) is 5.56 Å². The highest BCUT2D eigenvalue weighted by Crippen LogP contribution is 2.21. The zero-order valence-corrected chi connectivity index (χ0v) is 15.8. The summed E-state index contributed by atoms with van der Waals surface area (Å²) >= 11 is 9.07. The molecular weight excluding hydrogens is 426 g/mol. The Morgan fingerprint density at radius 2 is 1.73 bits per heavy atom. The Kier molecular flexibility index (Phi) is 7.69. The number of nitrogens with one attached hydrogen (secondary N) is 1. The van der Waals surface area contributed by atoms with Gasteiger partial charge in [-0.3, -0.25) is 4.79 Å². The molecule has 0 aliphatic heterocycles. The number of carbonyl (C=O) groups excluding carboxylic acids is 1. The summed E-state index contributed by atoms with van der Waals surface area (Å²) in [5.74, 6) is 0.0692. The minimum atomic E-state index is -0.375. The van der Waals surface area contributed by atoms with Crippen molar-refractivity contribution in [1.82, 2.24) is 4.98 Å². The Morgan fingerprint density at radius 3 is 2.31 bits per heavy atom. The Morgan fingerprint density at radius 1 is 1.04 bits per heavy atom. The molecule has 0 spiro atoms. The molecule has 0 amide bonds. The van der Waals surface area contributed by atoms with E-state index < -0.39 is 0 Å². The van der Waals surface area contributed by atoms with Crippen molar-refractivity contribution in [3.05, 3.63) is 93.1 Å². The maximum atomic E-state index is 12.9. The smallest absolute Gasteiger partial charge is 0.150 e. The molecule has 0 aliphatic rings. The van der Waals surface area contributed by atoms with E-state index in [9.17, 15) is 13.6 Å². The zero-order valence-electron chi connectivity index (χ0n) is 13.4. The highest BCUT2D eigenvalue weighted by molar-refractivity contribution is 9.10. The van der Waals surface area contributed by atoms with Crippen LogP contribution in [0, 0.1) is 11.6 Å². The Hall–Kier alpha value is -2.31. The van der Waals surface area contributed by atoms with Crippen molar-refractivity contribution < 1.29 is 13.6 Å². The minimum absolute atomic E-state index is 0.241. The summed E-state index contributed by atoms with van der Waals surface area (Å²) < 4.78 is 25.7. The normalized spacial score (nSPS) is 9.85. The number of halogens is 4. The van der Waals surface area contributed by atoms with Gasteiger partial charge >= 0.3 is 0 Å². The van der Waals surface area contributed by atoms with Crippen molar-refractivity contribution in [2.24, 2.45) is 0 Å². The van der Waals surface area contributed by atoms with Crippen LogP contribution in [0.3, 0.4) is 0 Å². The average molecular weight is 440 g/mol. The van der Waals surface area contributed by atoms with E-state index in [0.29, 0.717) is 33.8 Å². The monoisotopic (exact) mass is 438 g/mol. The van der Waals surface area contributed by atoms with E-state index in [1.165, 1.54) is 30.3 Å². The average Bonchev–Trinajstić information content (AvgIpc) is 2.63. The molecule has 3 rings (SSSR count). The van der Waals surface area contributed by atoms with Gasteiger partial charge in [0.2, 0.25) is 0 Å². The van der Waals surface area contributed by atoms with E-state index in [4.69, 9.17) is 11.6 Å². The number of anilines is 1. The zero-order chi connectivity index (χ0) is 18.9. The highest BCUT2D eigenvalue weighted by Gasteiger charge is 2.01. The van der Waals surface area contributed by atoms with Gasteiger partial charge in [-0.2, -0.15) is 0 Å². The molecule has 3 aromatic rings. The van der Waals surface area contributed by atoms with E-state index in [2.05, 4.69) is 26.2 Å². The van der Waals surface area contributed by atoms with E-state index in [-0.39, 0.29) is 11.6 Å². The predicted molar refractivity (Wildman–Crippen MR) is 102 cm³/mol. The summed E-state index contributed by atoms with van der Waals surface area (Å²) in [4.78, 5) is 14.2. The fourth-order valence-corrected chi connectivity index (χ4v) is 2.36. The Labute approximate surface area is 163 Å². The molecule has 7 heteroatoms. The van der Waals surface area contributed by atoms with Crippen LogP contribution in [0.25, 0.3) is 0 Å². The van der Waals surface area contributed by atoms with Crippen molar-refractivity contribution in [1.29, 1.82) is 0 Å². The van der Waals surface area contributed by atoms with Gasteiger partial charge in [0.05, 0.1) is 5.02 Å². The van der Waals surface area contributed by atoms with Crippen LogP contribution in [0.4, 0.5) is 14.6 Å². The first-order valence-corrected chi connectivity index (χ1v) is 8.66. The third kappa shape index (κ3) is 6.54. The van der Waals surface area contributed by atoms with Gasteiger partial charge < -0.3 is 5.32 Å². The molecule has 2 aromatic carbocycles. The third-order valence-electron chi connectivity index (χ3n) is 3.15. The van der Waals surface area contributed by atoms with Crippen molar-refractivity contribution in [3.63, 3.8) is 0 Å². The van der Waals surface area contributed by atoms with E-state index in [1.54, 1.807) is 24.3 Å². The Bertz CT molecular complexity index is 893. The molecule has 0 saturated carbocycles. The summed E-state index contributed by atoms with van der Waals surface area (Å²) in [6.45, 7) is 0.513. The molecular formula is C19H14BrClF2N2O. The van der Waals surface area contributed by atoms with Crippen molar-refractivity contribution in [2.45, 2.75) is 6.54 Å². The quantitative estimate of drug-likeness (QED) is 0.407. The van der Waals surface area contributed by atoms with Gasteiger partial charge in [0.15, 0.2) is 0 Å². The summed E-state index contributed by atoms with van der Waals surface area (Å²) in [6.07, 6.45) is 0.614. The van der Waals surface area contributed by atoms with Crippen molar-refractivity contribution in [2.75, 3.05) is 5.32 Å². The number of carbonyl (C=O) groups is 1. The number of aldehydes is 1. The molecule has 1 aromatic heterocycles. The molecule has 0 radical (unpaired) electrons. The van der Waals surface area contributed by atoms with Crippen LogP contribution in [-0.2, 0) is 6.54 Å². The van der Waals surface area contributed by atoms with Crippen LogP contribution in [-0.4, -0.2) is 11.3 Å². The second-order valence-electron chi connectivity index (χ2n) is 5.13. The van der Waals surface area contributed by atoms with Crippen LogP contribution >= 0.6 is 27.5 Å². The first kappa shape index (κ1) is 20.0. The predicted octanol–water partition coefficient (Wildman–Crippen LogP) is 5.89. The molecule has 1 N–H and O–H groups in total. The number of aromatic nitrogens is 1. The van der Waals surface area contributed by atoms with Gasteiger partial charge in [-0.25, -0.2) is 13.8 Å². The first-order valence-electron chi connectivity index (χ1n) is 7.49. The van der Waals surface area contributed by atoms with Crippen molar-refractivity contribution in [3.8, 4) is 0 Å². The summed E-state index contributed by atoms with van der Waals surface area (Å²) in [6, 6.07) is 15.5. The number of pyridine rings is 1. The molecule has 0 bridgehead atoms. The minimum Gasteiger partial charge on any atom is -0.366 e. The SMILES string of the molecule is Fc1cccc(CNc2ccc(Cl)c(Br)n2)c1.O=Cc1cccc(F)c1. The highest BCUT2D eigenvalue weighted by atomic mass is 79.9. The maximum absolute atomic E-state index is 12.9. The van der Waals surface area contributed by atoms with Gasteiger partial charge in [-0.1, -0.05) is 35.9 Å². The largest absolute Gasteiger partial charge is 0.366 e. The molecule has 26 heavy (non-hydrogen) atoms. The molecule has 1 heterocycles. The fraction of sp³-hybridized carbons (Fsp3) is 0.0526. The summed E-state index contributed by atoms with van der Waals surface area (Å²) in [5.41, 5.74) is 1.23. The maximum Gasteiger partial charge on any atom is 0.150 e. The lowest BCUT2D eigenvalue weighted by Crippen LogP contribution is -2.01. The molecule has 0 unspecified atom stereocenters. The Balaban J connectivity index is 0.000000228. The first-order chi connectivity index (χ1) is 12.5. The van der Waals surface area contributed by atoms with Crippen LogP contribution in [0.2, 0.25) is 5.02 Å². The lowest BCUT2D eigenvalue weighted by atomic mass is 10.2. The van der Waals surface area contributed by atoms with Crippen LogP contribution in [0.15, 0.2) is 65.3 Å². The second kappa shape index (κ2) is 9.99. The van der Waals surface area contributed by atoms with Gasteiger partial charge in [-0.15, -0.1) is 0 Å².